The molecule has 0 saturated heterocycles. The first-order valence-corrected chi connectivity index (χ1v) is 3.10. The van der Waals surface area contributed by atoms with Crippen LogP contribution in [0, 0.1) is 0 Å². The Morgan fingerprint density at radius 1 is 1.25 bits per heavy atom. The molecule has 2 amide bonds. The molecule has 0 aliphatic rings. The molecule has 0 aliphatic heterocycles. The molecule has 1 aromatic heterocycles. The fraction of sp³-hybridized carbons (Fsp3) is 0. The Morgan fingerprint density at radius 2 is 1.92 bits per heavy atom. The van der Waals surface area contributed by atoms with Crippen LogP contribution in [0.15, 0.2) is 18.3 Å². The zero-order valence-electron chi connectivity index (χ0n) is 6.00. The minimum absolute atomic E-state index is 0.127. The zero-order valence-corrected chi connectivity index (χ0v) is 6.00. The maximum Gasteiger partial charge on any atom is 0.289 e. The topological polar surface area (TPSA) is 94.6 Å². The monoisotopic (exact) mass is 163 g/mol. The molecule has 0 aliphatic carbocycles. The van der Waals surface area contributed by atoms with Crippen LogP contribution in [0.25, 0.3) is 0 Å². The molecule has 0 fully saturated rings. The van der Waals surface area contributed by atoms with E-state index in [0.29, 0.717) is 0 Å². The number of carbonyl (C=O) groups excluding carboxylic acids is 2. The first-order valence-electron chi connectivity index (χ1n) is 3.10. The van der Waals surface area contributed by atoms with E-state index in [-0.39, 0.29) is 11.3 Å². The first-order chi connectivity index (χ1) is 5.63. The van der Waals surface area contributed by atoms with Crippen LogP contribution in [0.4, 0.5) is 0 Å². The molecule has 60 valence electrons. The predicted molar refractivity (Wildman–Crippen MR) is 39.1 cm³/mol. The lowest BCUT2D eigenvalue weighted by molar-refractivity contribution is 0.0955. The second kappa shape index (κ2) is 3.00. The van der Waals surface area contributed by atoms with Gasteiger partial charge in [0.25, 0.3) is 11.8 Å². The number of carbonyl (C=O) groups is 2. The maximum atomic E-state index is 10.6. The smallest absolute Gasteiger partial charge is 0.267 e. The van der Waals surface area contributed by atoms with Crippen molar-refractivity contribution in [1.82, 2.24) is 16.5 Å². The van der Waals surface area contributed by atoms with Crippen LogP contribution < -0.4 is 11.5 Å². The summed E-state index contributed by atoms with van der Waals surface area (Å²) in [7, 11) is 0. The fourth-order valence-corrected chi connectivity index (χ4v) is 0.769. The molecular weight excluding hydrogens is 158 g/mol. The van der Waals surface area contributed by atoms with Crippen LogP contribution >= 0.6 is 0 Å². The van der Waals surface area contributed by atoms with E-state index in [9.17, 15) is 9.59 Å². The average Bonchev–Trinajstić information content (AvgIpc) is 2.04. The SMILES string of the molecule is [NH]C(=O)c1cccnc1C([NH])=O. The molecule has 0 spiro atoms. The van der Waals surface area contributed by atoms with Crippen molar-refractivity contribution in [1.29, 1.82) is 0 Å². The third kappa shape index (κ3) is 1.39. The van der Waals surface area contributed by atoms with Gasteiger partial charge in [-0.05, 0) is 12.1 Å². The van der Waals surface area contributed by atoms with Gasteiger partial charge in [0.1, 0.15) is 5.69 Å². The van der Waals surface area contributed by atoms with Gasteiger partial charge in [-0.25, -0.2) is 0 Å². The van der Waals surface area contributed by atoms with Crippen molar-refractivity contribution in [3.05, 3.63) is 29.6 Å². The van der Waals surface area contributed by atoms with Crippen molar-refractivity contribution in [2.24, 2.45) is 0 Å². The first kappa shape index (κ1) is 8.19. The van der Waals surface area contributed by atoms with Gasteiger partial charge < -0.3 is 0 Å². The van der Waals surface area contributed by atoms with Crippen LogP contribution in [0.1, 0.15) is 20.8 Å². The third-order valence-electron chi connectivity index (χ3n) is 1.27. The zero-order chi connectivity index (χ0) is 9.14. The number of rotatable bonds is 2. The third-order valence-corrected chi connectivity index (χ3v) is 1.27. The summed E-state index contributed by atoms with van der Waals surface area (Å²) in [6.07, 6.45) is 1.30. The van der Waals surface area contributed by atoms with E-state index >= 15 is 0 Å². The molecule has 1 heterocycles. The van der Waals surface area contributed by atoms with Crippen LogP contribution in [0.2, 0.25) is 0 Å². The van der Waals surface area contributed by atoms with Gasteiger partial charge in [-0.15, -0.1) is 0 Å². The Bertz CT molecular complexity index is 302. The highest BCUT2D eigenvalue weighted by molar-refractivity contribution is 6.04. The van der Waals surface area contributed by atoms with Crippen LogP contribution in [0.3, 0.4) is 0 Å². The summed E-state index contributed by atoms with van der Waals surface area (Å²) in [5, 5.41) is 0. The molecule has 1 rings (SSSR count). The molecule has 0 aromatic carbocycles. The molecule has 0 atom stereocenters. The van der Waals surface area contributed by atoms with Gasteiger partial charge >= 0.3 is 0 Å². The van der Waals surface area contributed by atoms with Crippen molar-refractivity contribution in [2.45, 2.75) is 0 Å². The molecular formula is C7H5N3O2. The summed E-state index contributed by atoms with van der Waals surface area (Å²) in [6, 6.07) is 2.73. The van der Waals surface area contributed by atoms with E-state index in [4.69, 9.17) is 11.5 Å². The molecule has 0 unspecified atom stereocenters. The Hall–Kier alpha value is -1.91. The predicted octanol–water partition coefficient (Wildman–Crippen LogP) is -0.0722. The second-order valence-electron chi connectivity index (χ2n) is 2.06. The fourth-order valence-electron chi connectivity index (χ4n) is 0.769. The van der Waals surface area contributed by atoms with E-state index < -0.39 is 11.8 Å². The van der Waals surface area contributed by atoms with Crippen molar-refractivity contribution >= 4 is 11.8 Å². The van der Waals surface area contributed by atoms with Gasteiger partial charge in [0.05, 0.1) is 5.56 Å². The van der Waals surface area contributed by atoms with Crippen LogP contribution in [0.5, 0.6) is 0 Å². The summed E-state index contributed by atoms with van der Waals surface area (Å²) in [5.74, 6) is -2.05. The van der Waals surface area contributed by atoms with E-state index in [2.05, 4.69) is 4.98 Å². The molecule has 12 heavy (non-hydrogen) atoms. The van der Waals surface area contributed by atoms with E-state index in [0.717, 1.165) is 0 Å². The highest BCUT2D eigenvalue weighted by atomic mass is 16.2. The van der Waals surface area contributed by atoms with E-state index in [1.807, 2.05) is 0 Å². The number of nitrogens with one attached hydrogen (secondary N) is 2. The minimum Gasteiger partial charge on any atom is -0.267 e. The largest absolute Gasteiger partial charge is 0.289 e. The van der Waals surface area contributed by atoms with Crippen LogP contribution in [-0.4, -0.2) is 16.8 Å². The minimum atomic E-state index is -1.05. The van der Waals surface area contributed by atoms with Crippen molar-refractivity contribution < 1.29 is 9.59 Å². The van der Waals surface area contributed by atoms with Gasteiger partial charge in [0, 0.05) is 6.20 Å². The van der Waals surface area contributed by atoms with Crippen molar-refractivity contribution in [2.75, 3.05) is 0 Å². The highest BCUT2D eigenvalue weighted by Crippen LogP contribution is 2.03. The summed E-state index contributed by atoms with van der Waals surface area (Å²) >= 11 is 0. The van der Waals surface area contributed by atoms with Gasteiger partial charge in [0.2, 0.25) is 0 Å². The number of nitrogens with zero attached hydrogens (tertiary/aromatic N) is 1. The lowest BCUT2D eigenvalue weighted by Gasteiger charge is -1.97. The molecule has 0 saturated carbocycles. The lowest BCUT2D eigenvalue weighted by Crippen LogP contribution is -2.11. The molecule has 5 nitrogen and oxygen atoms in total. The Balaban J connectivity index is 3.27. The van der Waals surface area contributed by atoms with Gasteiger partial charge in [-0.3, -0.25) is 26.0 Å². The molecule has 2 N–H and O–H groups in total. The maximum absolute atomic E-state index is 10.6. The van der Waals surface area contributed by atoms with Gasteiger partial charge in [-0.2, -0.15) is 0 Å². The average molecular weight is 163 g/mol. The quantitative estimate of drug-likeness (QED) is 0.610. The van der Waals surface area contributed by atoms with Gasteiger partial charge in [0.15, 0.2) is 0 Å². The number of hydrogen-bond donors (Lipinski definition) is 0. The molecule has 5 heteroatoms. The number of aromatic nitrogens is 1. The Morgan fingerprint density at radius 3 is 2.33 bits per heavy atom. The summed E-state index contributed by atoms with van der Waals surface area (Å²) < 4.78 is 0. The van der Waals surface area contributed by atoms with Crippen molar-refractivity contribution in [3.8, 4) is 0 Å². The summed E-state index contributed by atoms with van der Waals surface area (Å²) in [4.78, 5) is 24.6. The molecule has 1 aromatic rings. The second-order valence-corrected chi connectivity index (χ2v) is 2.06. The summed E-state index contributed by atoms with van der Waals surface area (Å²) in [5.41, 5.74) is 13.1. The van der Waals surface area contributed by atoms with Crippen LogP contribution in [-0.2, 0) is 0 Å². The number of amides is 2. The number of hydrogen-bond acceptors (Lipinski definition) is 3. The van der Waals surface area contributed by atoms with E-state index in [1.54, 1.807) is 0 Å². The summed E-state index contributed by atoms with van der Waals surface area (Å²) in [6.45, 7) is 0. The van der Waals surface area contributed by atoms with Crippen molar-refractivity contribution in [3.63, 3.8) is 0 Å². The standard InChI is InChI=1S/C7H5N3O2/c8-6(11)4-2-1-3-10-5(4)7(9)12/h1-3,8-9H. The Labute approximate surface area is 68.4 Å². The molecule has 0 bridgehead atoms. The lowest BCUT2D eigenvalue weighted by atomic mass is 10.2. The number of pyridine rings is 1. The van der Waals surface area contributed by atoms with Gasteiger partial charge in [-0.1, -0.05) is 0 Å². The normalized spacial score (nSPS) is 9.33. The Kier molecular flexibility index (Phi) is 2.05. The van der Waals surface area contributed by atoms with E-state index in [1.165, 1.54) is 18.3 Å². The molecule has 2 radical (unpaired) electrons. The highest BCUT2D eigenvalue weighted by Gasteiger charge is 2.13.